The number of ether oxygens (including phenoxy) is 1. The van der Waals surface area contributed by atoms with Gasteiger partial charge in [0, 0.05) is 22.6 Å². The number of hydrogen-bond donors (Lipinski definition) is 0. The molecule has 0 bridgehead atoms. The van der Waals surface area contributed by atoms with E-state index in [1.54, 1.807) is 11.1 Å². The first-order valence-corrected chi connectivity index (χ1v) is 9.96. The second kappa shape index (κ2) is 7.05. The lowest BCUT2D eigenvalue weighted by Gasteiger charge is -2.37. The van der Waals surface area contributed by atoms with E-state index in [1.165, 1.54) is 0 Å². The van der Waals surface area contributed by atoms with Crippen molar-refractivity contribution >= 4 is 23.1 Å². The summed E-state index contributed by atoms with van der Waals surface area (Å²) in [6, 6.07) is 23.0. The molecule has 0 saturated heterocycles. The number of benzene rings is 3. The van der Waals surface area contributed by atoms with Gasteiger partial charge in [0.15, 0.2) is 0 Å². The minimum absolute atomic E-state index is 0.0907. The van der Waals surface area contributed by atoms with Gasteiger partial charge in [-0.3, -0.25) is 4.79 Å². The van der Waals surface area contributed by atoms with Crippen molar-refractivity contribution in [1.29, 1.82) is 0 Å². The summed E-state index contributed by atoms with van der Waals surface area (Å²) in [4.78, 5) is 13.3. The standard InChI is InChI=1S/C24H19ClN2O2/c1-15-7-9-17(10-8-15)23(28)24-27-21(19-13-18(25)11-12-22(19)29-24)14-20(26-27)16-5-3-2-4-6-16/h2-13,21,24H,14H2,1H3/t21-,24+/m1/s1. The highest BCUT2D eigenvalue weighted by Gasteiger charge is 2.43. The van der Waals surface area contributed by atoms with Crippen molar-refractivity contribution in [2.24, 2.45) is 5.10 Å². The Bertz CT molecular complexity index is 1110. The molecular formula is C24H19ClN2O2. The fraction of sp³-hybridized carbons (Fsp3) is 0.167. The molecule has 0 amide bonds. The largest absolute Gasteiger partial charge is 0.461 e. The fourth-order valence-corrected chi connectivity index (χ4v) is 4.08. The lowest BCUT2D eigenvalue weighted by Crippen LogP contribution is -2.45. The number of ketones is 1. The van der Waals surface area contributed by atoms with Crippen LogP contribution in [-0.4, -0.2) is 22.7 Å². The molecule has 0 fully saturated rings. The van der Waals surface area contributed by atoms with E-state index in [0.717, 1.165) is 22.4 Å². The molecule has 0 aliphatic carbocycles. The highest BCUT2D eigenvalue weighted by atomic mass is 35.5. The topological polar surface area (TPSA) is 41.9 Å². The van der Waals surface area contributed by atoms with Crippen LogP contribution in [0, 0.1) is 6.92 Å². The lowest BCUT2D eigenvalue weighted by atomic mass is 9.95. The number of fused-ring (bicyclic) bond motifs is 3. The summed E-state index contributed by atoms with van der Waals surface area (Å²) in [6.45, 7) is 2.00. The molecule has 0 aromatic heterocycles. The first-order valence-electron chi connectivity index (χ1n) is 9.58. The normalized spacial score (nSPS) is 19.8. The third kappa shape index (κ3) is 3.19. The molecule has 144 valence electrons. The Hall–Kier alpha value is -3.11. The van der Waals surface area contributed by atoms with Gasteiger partial charge in [0.2, 0.25) is 5.78 Å². The average Bonchev–Trinajstić information content (AvgIpc) is 3.20. The molecule has 2 heterocycles. The summed E-state index contributed by atoms with van der Waals surface area (Å²) in [7, 11) is 0. The van der Waals surface area contributed by atoms with E-state index in [2.05, 4.69) is 0 Å². The first-order chi connectivity index (χ1) is 14.1. The average molecular weight is 403 g/mol. The Morgan fingerprint density at radius 2 is 1.83 bits per heavy atom. The number of halogens is 1. The zero-order chi connectivity index (χ0) is 20.0. The summed E-state index contributed by atoms with van der Waals surface area (Å²) < 4.78 is 6.14. The van der Waals surface area contributed by atoms with Gasteiger partial charge in [-0.2, -0.15) is 5.10 Å². The minimum Gasteiger partial charge on any atom is -0.461 e. The second-order valence-electron chi connectivity index (χ2n) is 7.40. The van der Waals surface area contributed by atoms with E-state index >= 15 is 0 Å². The van der Waals surface area contributed by atoms with Gasteiger partial charge in [0.05, 0.1) is 11.8 Å². The van der Waals surface area contributed by atoms with Gasteiger partial charge in [0.1, 0.15) is 5.75 Å². The second-order valence-corrected chi connectivity index (χ2v) is 7.83. The number of rotatable bonds is 3. The lowest BCUT2D eigenvalue weighted by molar-refractivity contribution is -0.00455. The van der Waals surface area contributed by atoms with E-state index in [4.69, 9.17) is 21.4 Å². The van der Waals surface area contributed by atoms with Crippen molar-refractivity contribution in [2.45, 2.75) is 25.6 Å². The maximum Gasteiger partial charge on any atom is 0.251 e. The van der Waals surface area contributed by atoms with Crippen LogP contribution in [0.5, 0.6) is 5.75 Å². The molecule has 29 heavy (non-hydrogen) atoms. The number of hydrazone groups is 1. The zero-order valence-electron chi connectivity index (χ0n) is 15.9. The Balaban J connectivity index is 1.57. The fourth-order valence-electron chi connectivity index (χ4n) is 3.90. The van der Waals surface area contributed by atoms with Gasteiger partial charge in [-0.1, -0.05) is 71.8 Å². The highest BCUT2D eigenvalue weighted by Crippen LogP contribution is 2.44. The molecule has 0 spiro atoms. The highest BCUT2D eigenvalue weighted by molar-refractivity contribution is 6.30. The summed E-state index contributed by atoms with van der Waals surface area (Å²) in [5.41, 5.74) is 4.66. The maximum atomic E-state index is 13.3. The predicted molar refractivity (Wildman–Crippen MR) is 114 cm³/mol. The Kier molecular flexibility index (Phi) is 4.36. The predicted octanol–water partition coefficient (Wildman–Crippen LogP) is 5.40. The minimum atomic E-state index is -0.808. The van der Waals surface area contributed by atoms with Crippen LogP contribution in [0.3, 0.4) is 0 Å². The smallest absolute Gasteiger partial charge is 0.251 e. The number of carbonyl (C=O) groups excluding carboxylic acids is 1. The third-order valence-corrected chi connectivity index (χ3v) is 5.65. The molecule has 4 nitrogen and oxygen atoms in total. The van der Waals surface area contributed by atoms with Crippen molar-refractivity contribution in [2.75, 3.05) is 0 Å². The molecule has 3 aromatic rings. The van der Waals surface area contributed by atoms with Gasteiger partial charge in [0.25, 0.3) is 6.23 Å². The Morgan fingerprint density at radius 3 is 2.59 bits per heavy atom. The van der Waals surface area contributed by atoms with E-state index < -0.39 is 6.23 Å². The first kappa shape index (κ1) is 18.0. The third-order valence-electron chi connectivity index (χ3n) is 5.42. The molecule has 0 radical (unpaired) electrons. The Morgan fingerprint density at radius 1 is 1.07 bits per heavy atom. The number of carbonyl (C=O) groups is 1. The molecule has 0 unspecified atom stereocenters. The van der Waals surface area contributed by atoms with E-state index in [9.17, 15) is 4.79 Å². The number of Topliss-reactive ketones (excluding diaryl/α,β-unsaturated/α-hetero) is 1. The van der Waals surface area contributed by atoms with Crippen LogP contribution in [0.25, 0.3) is 0 Å². The van der Waals surface area contributed by atoms with Gasteiger partial charge >= 0.3 is 0 Å². The van der Waals surface area contributed by atoms with Crippen LogP contribution in [0.15, 0.2) is 77.9 Å². The summed E-state index contributed by atoms with van der Waals surface area (Å²) in [6.07, 6.45) is -0.115. The Labute approximate surface area is 174 Å². The quantitative estimate of drug-likeness (QED) is 0.551. The van der Waals surface area contributed by atoms with Crippen LogP contribution >= 0.6 is 11.6 Å². The van der Waals surface area contributed by atoms with Crippen molar-refractivity contribution < 1.29 is 9.53 Å². The molecule has 3 aromatic carbocycles. The molecule has 2 aliphatic rings. The molecule has 2 aliphatic heterocycles. The summed E-state index contributed by atoms with van der Waals surface area (Å²) >= 11 is 6.25. The van der Waals surface area contributed by atoms with E-state index in [1.807, 2.05) is 73.7 Å². The molecule has 5 rings (SSSR count). The molecule has 2 atom stereocenters. The number of aryl methyl sites for hydroxylation is 1. The van der Waals surface area contributed by atoms with E-state index in [0.29, 0.717) is 22.8 Å². The van der Waals surface area contributed by atoms with Gasteiger partial charge in [-0.25, -0.2) is 5.01 Å². The van der Waals surface area contributed by atoms with Crippen LogP contribution in [-0.2, 0) is 0 Å². The number of nitrogens with zero attached hydrogens (tertiary/aromatic N) is 2. The zero-order valence-corrected chi connectivity index (χ0v) is 16.6. The van der Waals surface area contributed by atoms with Gasteiger partial charge in [-0.05, 0) is 30.7 Å². The monoisotopic (exact) mass is 402 g/mol. The van der Waals surface area contributed by atoms with Crippen LogP contribution < -0.4 is 4.74 Å². The molecular weight excluding hydrogens is 384 g/mol. The van der Waals surface area contributed by atoms with Crippen LogP contribution in [0.1, 0.15) is 39.5 Å². The van der Waals surface area contributed by atoms with Crippen molar-refractivity contribution in [3.8, 4) is 5.75 Å². The van der Waals surface area contributed by atoms with Crippen LogP contribution in [0.2, 0.25) is 5.02 Å². The number of hydrogen-bond acceptors (Lipinski definition) is 4. The van der Waals surface area contributed by atoms with Crippen molar-refractivity contribution in [3.63, 3.8) is 0 Å². The van der Waals surface area contributed by atoms with Gasteiger partial charge in [-0.15, -0.1) is 0 Å². The SMILES string of the molecule is Cc1ccc(C(=O)[C@@H]2Oc3ccc(Cl)cc3[C@H]3CC(c4ccccc4)=NN32)cc1. The maximum absolute atomic E-state index is 13.3. The van der Waals surface area contributed by atoms with Crippen LogP contribution in [0.4, 0.5) is 0 Å². The molecule has 0 N–H and O–H groups in total. The summed E-state index contributed by atoms with van der Waals surface area (Å²) in [5, 5.41) is 7.25. The van der Waals surface area contributed by atoms with E-state index in [-0.39, 0.29) is 11.8 Å². The van der Waals surface area contributed by atoms with Crippen molar-refractivity contribution in [1.82, 2.24) is 5.01 Å². The molecule has 5 heteroatoms. The van der Waals surface area contributed by atoms with Gasteiger partial charge < -0.3 is 4.74 Å². The molecule has 0 saturated carbocycles. The summed E-state index contributed by atoms with van der Waals surface area (Å²) in [5.74, 6) is 0.583. The van der Waals surface area contributed by atoms with Crippen molar-refractivity contribution in [3.05, 3.63) is 100 Å².